The highest BCUT2D eigenvalue weighted by Gasteiger charge is 2.08. The van der Waals surface area contributed by atoms with Gasteiger partial charge >= 0.3 is 0 Å². The Bertz CT molecular complexity index is 341. The second-order valence-electron chi connectivity index (χ2n) is 4.12. The molecule has 0 radical (unpaired) electrons. The fourth-order valence-corrected chi connectivity index (χ4v) is 1.46. The molecule has 1 N–H and O–H groups in total. The van der Waals surface area contributed by atoms with Crippen molar-refractivity contribution in [1.82, 2.24) is 5.32 Å². The minimum absolute atomic E-state index is 0.215. The number of unbranched alkanes of at least 4 members (excludes halogenated alkanes) is 1. The van der Waals surface area contributed by atoms with Gasteiger partial charge in [0.15, 0.2) is 17.4 Å². The van der Waals surface area contributed by atoms with E-state index in [4.69, 9.17) is 9.47 Å². The molecule has 0 aliphatic heterocycles. The summed E-state index contributed by atoms with van der Waals surface area (Å²) in [6.45, 7) is 4.95. The maximum atomic E-state index is 13.2. The third-order valence-electron chi connectivity index (χ3n) is 2.51. The molecule has 0 fully saturated rings. The van der Waals surface area contributed by atoms with Crippen LogP contribution in [-0.2, 0) is 4.74 Å². The van der Waals surface area contributed by atoms with Gasteiger partial charge in [-0.25, -0.2) is 8.78 Å². The minimum atomic E-state index is -0.678. The third-order valence-corrected chi connectivity index (χ3v) is 2.51. The predicted octanol–water partition coefficient (Wildman–Crippen LogP) is 2.75. The van der Waals surface area contributed by atoms with Gasteiger partial charge in [0.2, 0.25) is 0 Å². The average Bonchev–Trinajstić information content (AvgIpc) is 2.40. The largest absolute Gasteiger partial charge is 0.486 e. The van der Waals surface area contributed by atoms with Crippen LogP contribution in [0.4, 0.5) is 8.78 Å². The van der Waals surface area contributed by atoms with Gasteiger partial charge in [-0.1, -0.05) is 19.4 Å². The molecule has 0 saturated heterocycles. The summed E-state index contributed by atoms with van der Waals surface area (Å²) in [6, 6.07) is 3.66. The van der Waals surface area contributed by atoms with Gasteiger partial charge < -0.3 is 14.8 Å². The summed E-state index contributed by atoms with van der Waals surface area (Å²) in [7, 11) is 0. The molecule has 3 nitrogen and oxygen atoms in total. The number of hydrogen-bond acceptors (Lipinski definition) is 3. The number of halogens is 2. The zero-order valence-corrected chi connectivity index (χ0v) is 11.3. The summed E-state index contributed by atoms with van der Waals surface area (Å²) in [5.74, 6) is -1.67. The molecule has 0 aromatic heterocycles. The number of rotatable bonds is 10. The van der Waals surface area contributed by atoms with Crippen molar-refractivity contribution in [1.29, 1.82) is 0 Å². The highest BCUT2D eigenvalue weighted by Crippen LogP contribution is 2.20. The lowest BCUT2D eigenvalue weighted by Crippen LogP contribution is -2.25. The van der Waals surface area contributed by atoms with Crippen LogP contribution in [0.1, 0.15) is 19.8 Å². The quantitative estimate of drug-likeness (QED) is 0.665. The SMILES string of the molecule is CCCCOCCNCCOc1c(F)cccc1F. The number of hydrogen-bond donors (Lipinski definition) is 1. The van der Waals surface area contributed by atoms with E-state index < -0.39 is 11.6 Å². The van der Waals surface area contributed by atoms with Crippen LogP contribution >= 0.6 is 0 Å². The first kappa shape index (κ1) is 15.9. The molecular weight excluding hydrogens is 252 g/mol. The molecule has 0 aliphatic rings. The second kappa shape index (κ2) is 9.69. The molecule has 0 saturated carbocycles. The molecule has 0 heterocycles. The standard InChI is InChI=1S/C14H21F2NO2/c1-2-3-9-18-10-7-17-8-11-19-14-12(15)5-4-6-13(14)16/h4-6,17H,2-3,7-11H2,1H3. The molecule has 0 aliphatic carbocycles. The monoisotopic (exact) mass is 273 g/mol. The van der Waals surface area contributed by atoms with Gasteiger partial charge in [0.25, 0.3) is 0 Å². The maximum absolute atomic E-state index is 13.2. The van der Waals surface area contributed by atoms with Crippen LogP contribution in [0.25, 0.3) is 0 Å². The second-order valence-corrected chi connectivity index (χ2v) is 4.12. The fraction of sp³-hybridized carbons (Fsp3) is 0.571. The lowest BCUT2D eigenvalue weighted by atomic mass is 10.3. The lowest BCUT2D eigenvalue weighted by molar-refractivity contribution is 0.132. The van der Waals surface area contributed by atoms with Crippen molar-refractivity contribution >= 4 is 0 Å². The van der Waals surface area contributed by atoms with Crippen molar-refractivity contribution in [2.24, 2.45) is 0 Å². The van der Waals surface area contributed by atoms with Crippen molar-refractivity contribution in [3.05, 3.63) is 29.8 Å². The van der Waals surface area contributed by atoms with E-state index >= 15 is 0 Å². The summed E-state index contributed by atoms with van der Waals surface area (Å²) >= 11 is 0. The van der Waals surface area contributed by atoms with Gasteiger partial charge in [0.05, 0.1) is 6.61 Å². The van der Waals surface area contributed by atoms with E-state index in [-0.39, 0.29) is 12.4 Å². The third kappa shape index (κ3) is 6.50. The molecule has 5 heteroatoms. The number of para-hydroxylation sites is 1. The van der Waals surface area contributed by atoms with E-state index in [1.165, 1.54) is 18.2 Å². The Morgan fingerprint density at radius 3 is 2.42 bits per heavy atom. The van der Waals surface area contributed by atoms with E-state index in [2.05, 4.69) is 12.2 Å². The van der Waals surface area contributed by atoms with Crippen LogP contribution in [-0.4, -0.2) is 32.9 Å². The van der Waals surface area contributed by atoms with Crippen molar-refractivity contribution in [3.8, 4) is 5.75 Å². The van der Waals surface area contributed by atoms with Gasteiger partial charge in [-0.3, -0.25) is 0 Å². The Hall–Kier alpha value is -1.20. The summed E-state index contributed by atoms with van der Waals surface area (Å²) in [5, 5.41) is 3.08. The molecule has 1 aromatic carbocycles. The Morgan fingerprint density at radius 1 is 1.05 bits per heavy atom. The van der Waals surface area contributed by atoms with E-state index in [1.54, 1.807) is 0 Å². The Labute approximate surface area is 112 Å². The van der Waals surface area contributed by atoms with Crippen molar-refractivity contribution in [3.63, 3.8) is 0 Å². The first-order valence-electron chi connectivity index (χ1n) is 6.61. The van der Waals surface area contributed by atoms with E-state index in [9.17, 15) is 8.78 Å². The highest BCUT2D eigenvalue weighted by molar-refractivity contribution is 5.25. The van der Waals surface area contributed by atoms with Gasteiger partial charge in [-0.15, -0.1) is 0 Å². The van der Waals surface area contributed by atoms with Crippen LogP contribution in [0.2, 0.25) is 0 Å². The first-order valence-corrected chi connectivity index (χ1v) is 6.61. The summed E-state index contributed by atoms with van der Waals surface area (Å²) in [5.41, 5.74) is 0. The average molecular weight is 273 g/mol. The van der Waals surface area contributed by atoms with Crippen LogP contribution in [0.15, 0.2) is 18.2 Å². The molecule has 108 valence electrons. The smallest absolute Gasteiger partial charge is 0.190 e. The summed E-state index contributed by atoms with van der Waals surface area (Å²) in [4.78, 5) is 0. The highest BCUT2D eigenvalue weighted by atomic mass is 19.1. The molecule has 1 aromatic rings. The van der Waals surface area contributed by atoms with Crippen LogP contribution in [0, 0.1) is 11.6 Å². The topological polar surface area (TPSA) is 30.5 Å². The molecule has 0 spiro atoms. The van der Waals surface area contributed by atoms with Crippen molar-refractivity contribution in [2.45, 2.75) is 19.8 Å². The molecule has 0 atom stereocenters. The Balaban J connectivity index is 2.05. The van der Waals surface area contributed by atoms with Crippen LogP contribution in [0.3, 0.4) is 0 Å². The Kier molecular flexibility index (Phi) is 8.09. The molecule has 0 unspecified atom stereocenters. The lowest BCUT2D eigenvalue weighted by Gasteiger charge is -2.09. The first-order chi connectivity index (χ1) is 9.25. The predicted molar refractivity (Wildman–Crippen MR) is 70.4 cm³/mol. The van der Waals surface area contributed by atoms with Gasteiger partial charge in [0, 0.05) is 19.7 Å². The van der Waals surface area contributed by atoms with E-state index in [1.807, 2.05) is 0 Å². The summed E-state index contributed by atoms with van der Waals surface area (Å²) < 4.78 is 36.8. The van der Waals surface area contributed by atoms with E-state index in [0.29, 0.717) is 19.7 Å². The molecule has 0 bridgehead atoms. The zero-order chi connectivity index (χ0) is 13.9. The van der Waals surface area contributed by atoms with E-state index in [0.717, 1.165) is 19.4 Å². The zero-order valence-electron chi connectivity index (χ0n) is 11.3. The maximum Gasteiger partial charge on any atom is 0.190 e. The molecule has 1 rings (SSSR count). The van der Waals surface area contributed by atoms with Crippen molar-refractivity contribution in [2.75, 3.05) is 32.9 Å². The molecule has 0 amide bonds. The van der Waals surface area contributed by atoms with Gasteiger partial charge in [-0.2, -0.15) is 0 Å². The van der Waals surface area contributed by atoms with Crippen LogP contribution in [0.5, 0.6) is 5.75 Å². The minimum Gasteiger partial charge on any atom is -0.486 e. The van der Waals surface area contributed by atoms with Crippen molar-refractivity contribution < 1.29 is 18.3 Å². The number of nitrogens with one attached hydrogen (secondary N) is 1. The van der Waals surface area contributed by atoms with Crippen LogP contribution < -0.4 is 10.1 Å². The number of benzene rings is 1. The van der Waals surface area contributed by atoms with Gasteiger partial charge in [0.1, 0.15) is 6.61 Å². The van der Waals surface area contributed by atoms with Gasteiger partial charge in [-0.05, 0) is 18.6 Å². The molecular formula is C14H21F2NO2. The fourth-order valence-electron chi connectivity index (χ4n) is 1.46. The molecule has 19 heavy (non-hydrogen) atoms. The number of ether oxygens (including phenoxy) is 2. The normalized spacial score (nSPS) is 10.7. The summed E-state index contributed by atoms with van der Waals surface area (Å²) in [6.07, 6.45) is 2.19. The Morgan fingerprint density at radius 2 is 1.74 bits per heavy atom.